The van der Waals surface area contributed by atoms with Gasteiger partial charge in [0.1, 0.15) is 5.75 Å². The lowest BCUT2D eigenvalue weighted by atomic mass is 10.2. The van der Waals surface area contributed by atoms with Gasteiger partial charge in [-0.2, -0.15) is 13.2 Å². The van der Waals surface area contributed by atoms with E-state index in [4.69, 9.17) is 10.5 Å². The lowest BCUT2D eigenvalue weighted by Crippen LogP contribution is -2.47. The van der Waals surface area contributed by atoms with Crippen LogP contribution in [0.5, 0.6) is 5.75 Å². The molecule has 0 fully saturated rings. The van der Waals surface area contributed by atoms with Gasteiger partial charge in [0.15, 0.2) is 0 Å². The molecular formula is C11H14F3NOS. The molecule has 2 unspecified atom stereocenters. The quantitative estimate of drug-likeness (QED) is 0.850. The van der Waals surface area contributed by atoms with Crippen molar-refractivity contribution in [3.8, 4) is 5.75 Å². The molecule has 6 heteroatoms. The lowest BCUT2D eigenvalue weighted by molar-refractivity contribution is -0.199. The minimum atomic E-state index is -4.47. The molecule has 17 heavy (non-hydrogen) atoms. The fraction of sp³-hybridized carbons (Fsp3) is 0.455. The molecule has 0 amide bonds. The van der Waals surface area contributed by atoms with Crippen molar-refractivity contribution in [3.63, 3.8) is 0 Å². The summed E-state index contributed by atoms with van der Waals surface area (Å²) in [7, 11) is 0. The first-order valence-corrected chi connectivity index (χ1v) is 6.20. The zero-order valence-electron chi connectivity index (χ0n) is 9.49. The zero-order valence-corrected chi connectivity index (χ0v) is 10.3. The maximum absolute atomic E-state index is 12.7. The number of nitrogens with two attached hydrogens (primary N) is 1. The molecule has 0 aliphatic rings. The zero-order chi connectivity index (χ0) is 13.1. The Morgan fingerprint density at radius 3 is 2.35 bits per heavy atom. The van der Waals surface area contributed by atoms with E-state index < -0.39 is 18.3 Å². The van der Waals surface area contributed by atoms with Crippen molar-refractivity contribution in [2.45, 2.75) is 30.1 Å². The highest BCUT2D eigenvalue weighted by Gasteiger charge is 2.44. The van der Waals surface area contributed by atoms with E-state index >= 15 is 0 Å². The van der Waals surface area contributed by atoms with Gasteiger partial charge in [-0.25, -0.2) is 0 Å². The molecule has 0 spiro atoms. The van der Waals surface area contributed by atoms with Crippen LogP contribution in [0.2, 0.25) is 0 Å². The number of benzene rings is 1. The third kappa shape index (κ3) is 3.81. The van der Waals surface area contributed by atoms with Crippen LogP contribution in [0.25, 0.3) is 0 Å². The van der Waals surface area contributed by atoms with Crippen LogP contribution in [0.4, 0.5) is 13.2 Å². The number of ether oxygens (including phenoxy) is 1. The second-order valence-corrected chi connectivity index (χ2v) is 4.44. The second kappa shape index (κ2) is 5.64. The Hall–Kier alpha value is -0.880. The van der Waals surface area contributed by atoms with Crippen LogP contribution in [-0.2, 0) is 0 Å². The minimum Gasteiger partial charge on any atom is -0.478 e. The van der Waals surface area contributed by atoms with Gasteiger partial charge in [-0.3, -0.25) is 0 Å². The molecule has 2 nitrogen and oxygen atoms in total. The molecule has 0 bridgehead atoms. The van der Waals surface area contributed by atoms with Crippen molar-refractivity contribution in [2.75, 3.05) is 6.26 Å². The molecular weight excluding hydrogens is 251 g/mol. The Morgan fingerprint density at radius 1 is 1.29 bits per heavy atom. The summed E-state index contributed by atoms with van der Waals surface area (Å²) in [5, 5.41) is 0. The molecule has 0 aliphatic heterocycles. The van der Waals surface area contributed by atoms with Crippen molar-refractivity contribution in [1.82, 2.24) is 0 Å². The van der Waals surface area contributed by atoms with E-state index in [1.165, 1.54) is 24.8 Å². The van der Waals surface area contributed by atoms with E-state index in [9.17, 15) is 13.2 Å². The van der Waals surface area contributed by atoms with Gasteiger partial charge < -0.3 is 10.5 Å². The average molecular weight is 265 g/mol. The summed E-state index contributed by atoms with van der Waals surface area (Å²) in [5.74, 6) is 0.208. The van der Waals surface area contributed by atoms with E-state index in [1.807, 2.05) is 0 Å². The highest BCUT2D eigenvalue weighted by molar-refractivity contribution is 7.98. The summed E-state index contributed by atoms with van der Waals surface area (Å²) in [6.45, 7) is 1.28. The van der Waals surface area contributed by atoms with Crippen LogP contribution in [0.3, 0.4) is 0 Å². The Balaban J connectivity index is 2.94. The molecule has 0 heterocycles. The summed E-state index contributed by atoms with van der Waals surface area (Å²) in [5.41, 5.74) is 5.31. The molecule has 0 saturated heterocycles. The van der Waals surface area contributed by atoms with Gasteiger partial charge in [-0.15, -0.1) is 11.8 Å². The third-order valence-corrected chi connectivity index (χ3v) is 2.90. The van der Waals surface area contributed by atoms with Crippen molar-refractivity contribution in [2.24, 2.45) is 5.73 Å². The Morgan fingerprint density at radius 2 is 1.88 bits per heavy atom. The van der Waals surface area contributed by atoms with E-state index in [1.54, 1.807) is 24.5 Å². The molecule has 1 rings (SSSR count). The first kappa shape index (κ1) is 14.2. The predicted octanol–water partition coefficient (Wildman–Crippen LogP) is 3.07. The highest BCUT2D eigenvalue weighted by Crippen LogP contribution is 2.32. The minimum absolute atomic E-state index is 0.208. The standard InChI is InChI=1S/C11H14F3NOS/c1-7(15)10(11(12,13)14)16-8-5-3-4-6-9(8)17-2/h3-7,10H,15H2,1-2H3. The number of para-hydroxylation sites is 1. The lowest BCUT2D eigenvalue weighted by Gasteiger charge is -2.25. The number of halogens is 3. The van der Waals surface area contributed by atoms with Crippen LogP contribution >= 0.6 is 11.8 Å². The third-order valence-electron chi connectivity index (χ3n) is 2.12. The summed E-state index contributed by atoms with van der Waals surface area (Å²) >= 11 is 1.33. The van der Waals surface area contributed by atoms with Crippen molar-refractivity contribution >= 4 is 11.8 Å². The topological polar surface area (TPSA) is 35.2 Å². The SMILES string of the molecule is CSc1ccccc1OC(C(C)N)C(F)(F)F. The first-order valence-electron chi connectivity index (χ1n) is 4.98. The summed E-state index contributed by atoms with van der Waals surface area (Å²) < 4.78 is 43.0. The van der Waals surface area contributed by atoms with Gasteiger partial charge >= 0.3 is 6.18 Å². The summed E-state index contributed by atoms with van der Waals surface area (Å²) in [6.07, 6.45) is -4.69. The van der Waals surface area contributed by atoms with Gasteiger partial charge in [0.25, 0.3) is 0 Å². The molecule has 0 saturated carbocycles. The largest absolute Gasteiger partial charge is 0.478 e. The van der Waals surface area contributed by atoms with Crippen LogP contribution in [0.15, 0.2) is 29.2 Å². The Labute approximate surface area is 102 Å². The van der Waals surface area contributed by atoms with Gasteiger partial charge in [0.2, 0.25) is 6.10 Å². The highest BCUT2D eigenvalue weighted by atomic mass is 32.2. The fourth-order valence-electron chi connectivity index (χ4n) is 1.33. The van der Waals surface area contributed by atoms with Crippen molar-refractivity contribution in [1.29, 1.82) is 0 Å². The summed E-state index contributed by atoms with van der Waals surface area (Å²) in [4.78, 5) is 0.655. The Kier molecular flexibility index (Phi) is 4.70. The number of hydrogen-bond acceptors (Lipinski definition) is 3. The average Bonchev–Trinajstić information content (AvgIpc) is 2.24. The first-order chi connectivity index (χ1) is 7.86. The molecule has 1 aromatic carbocycles. The smallest absolute Gasteiger partial charge is 0.426 e. The molecule has 96 valence electrons. The van der Waals surface area contributed by atoms with Gasteiger partial charge in [0.05, 0.1) is 0 Å². The van der Waals surface area contributed by atoms with Crippen LogP contribution in [0, 0.1) is 0 Å². The Bertz CT molecular complexity index is 368. The molecule has 2 N–H and O–H groups in total. The van der Waals surface area contributed by atoms with Crippen LogP contribution < -0.4 is 10.5 Å². The van der Waals surface area contributed by atoms with E-state index in [0.717, 1.165) is 0 Å². The van der Waals surface area contributed by atoms with Gasteiger partial charge in [0, 0.05) is 10.9 Å². The number of alkyl halides is 3. The predicted molar refractivity (Wildman–Crippen MR) is 62.3 cm³/mol. The van der Waals surface area contributed by atoms with Gasteiger partial charge in [-0.1, -0.05) is 12.1 Å². The van der Waals surface area contributed by atoms with Crippen molar-refractivity contribution < 1.29 is 17.9 Å². The fourth-order valence-corrected chi connectivity index (χ4v) is 1.86. The van der Waals surface area contributed by atoms with Crippen LogP contribution in [-0.4, -0.2) is 24.6 Å². The molecule has 0 aromatic heterocycles. The molecule has 2 atom stereocenters. The van der Waals surface area contributed by atoms with Gasteiger partial charge in [-0.05, 0) is 25.3 Å². The second-order valence-electron chi connectivity index (χ2n) is 3.59. The monoisotopic (exact) mass is 265 g/mol. The molecule has 1 aromatic rings. The normalized spacial score (nSPS) is 15.4. The van der Waals surface area contributed by atoms with E-state index in [0.29, 0.717) is 4.90 Å². The van der Waals surface area contributed by atoms with E-state index in [2.05, 4.69) is 0 Å². The number of thioether (sulfide) groups is 1. The number of hydrogen-bond donors (Lipinski definition) is 1. The van der Waals surface area contributed by atoms with E-state index in [-0.39, 0.29) is 5.75 Å². The maximum Gasteiger partial charge on any atom is 0.426 e. The van der Waals surface area contributed by atoms with Crippen LogP contribution in [0.1, 0.15) is 6.92 Å². The molecule has 0 radical (unpaired) electrons. The summed E-state index contributed by atoms with van der Waals surface area (Å²) in [6, 6.07) is 5.46. The number of rotatable bonds is 4. The molecule has 0 aliphatic carbocycles. The van der Waals surface area contributed by atoms with Crippen molar-refractivity contribution in [3.05, 3.63) is 24.3 Å². The maximum atomic E-state index is 12.7.